The fourth-order valence-corrected chi connectivity index (χ4v) is 2.11. The number of aliphatic hydroxyl groups excluding tert-OH is 4. The summed E-state index contributed by atoms with van der Waals surface area (Å²) in [5, 5.41) is 36.1. The average Bonchev–Trinajstić information content (AvgIpc) is 2.68. The molecule has 6 heteroatoms. The molecule has 0 aromatic heterocycles. The van der Waals surface area contributed by atoms with Crippen LogP contribution in [0.25, 0.3) is 11.1 Å². The highest BCUT2D eigenvalue weighted by atomic mass is 16.5. The molecule has 0 spiro atoms. The van der Waals surface area contributed by atoms with Crippen molar-refractivity contribution in [2.75, 3.05) is 33.0 Å². The van der Waals surface area contributed by atoms with Crippen LogP contribution >= 0.6 is 0 Å². The Morgan fingerprint density at radius 3 is 1.48 bits per heavy atom. The van der Waals surface area contributed by atoms with E-state index in [-0.39, 0.29) is 39.0 Å². The summed E-state index contributed by atoms with van der Waals surface area (Å²) in [5.74, 6) is 1.01. The Hall–Kier alpha value is -2.12. The fraction of sp³-hybridized carbons (Fsp3) is 0.368. The van der Waals surface area contributed by atoms with Crippen LogP contribution in [0.2, 0.25) is 0 Å². The predicted molar refractivity (Wildman–Crippen MR) is 93.6 cm³/mol. The molecule has 1 atom stereocenters. The third-order valence-corrected chi connectivity index (χ3v) is 3.70. The van der Waals surface area contributed by atoms with Gasteiger partial charge in [0.05, 0.1) is 26.4 Å². The van der Waals surface area contributed by atoms with Crippen molar-refractivity contribution in [3.05, 3.63) is 48.5 Å². The maximum atomic E-state index is 9.27. The van der Waals surface area contributed by atoms with Gasteiger partial charge in [0.1, 0.15) is 24.2 Å². The van der Waals surface area contributed by atoms with Crippen LogP contribution in [0.3, 0.4) is 0 Å². The SMILES string of the molecule is OCC(O)COc1ccc(-c2ccc(OCC(CO)CO)cc2)cc1. The van der Waals surface area contributed by atoms with Gasteiger partial charge in [0.2, 0.25) is 0 Å². The summed E-state index contributed by atoms with van der Waals surface area (Å²) in [6.07, 6.45) is -0.886. The molecule has 4 N–H and O–H groups in total. The Kier molecular flexibility index (Phi) is 7.69. The minimum Gasteiger partial charge on any atom is -0.493 e. The molecule has 0 heterocycles. The van der Waals surface area contributed by atoms with E-state index >= 15 is 0 Å². The smallest absolute Gasteiger partial charge is 0.119 e. The molecule has 0 amide bonds. The minimum atomic E-state index is -0.886. The van der Waals surface area contributed by atoms with Crippen LogP contribution in [0.4, 0.5) is 0 Å². The quantitative estimate of drug-likeness (QED) is 0.512. The van der Waals surface area contributed by atoms with E-state index in [1.807, 2.05) is 36.4 Å². The van der Waals surface area contributed by atoms with Crippen molar-refractivity contribution < 1.29 is 29.9 Å². The molecule has 0 aliphatic heterocycles. The Labute approximate surface area is 146 Å². The Morgan fingerprint density at radius 2 is 1.08 bits per heavy atom. The first-order valence-corrected chi connectivity index (χ1v) is 8.13. The monoisotopic (exact) mass is 348 g/mol. The van der Waals surface area contributed by atoms with Gasteiger partial charge in [-0.25, -0.2) is 0 Å². The van der Waals surface area contributed by atoms with Crippen LogP contribution in [0.5, 0.6) is 11.5 Å². The number of hydrogen-bond acceptors (Lipinski definition) is 6. The lowest BCUT2D eigenvalue weighted by molar-refractivity contribution is 0.0536. The van der Waals surface area contributed by atoms with E-state index in [0.29, 0.717) is 11.5 Å². The topological polar surface area (TPSA) is 99.4 Å². The standard InChI is InChI=1S/C19H24O6/c20-9-14(10-21)12-24-18-5-1-15(2-6-18)16-3-7-19(8-4-16)25-13-17(23)11-22/h1-8,14,17,20-23H,9-13H2. The molecule has 6 nitrogen and oxygen atoms in total. The first-order chi connectivity index (χ1) is 12.2. The lowest BCUT2D eigenvalue weighted by Gasteiger charge is -2.13. The van der Waals surface area contributed by atoms with E-state index in [9.17, 15) is 5.11 Å². The summed E-state index contributed by atoms with van der Waals surface area (Å²) in [6, 6.07) is 14.9. The molecule has 0 aliphatic rings. The molecule has 2 aromatic rings. The van der Waals surface area contributed by atoms with Crippen molar-refractivity contribution in [1.29, 1.82) is 0 Å². The second kappa shape index (κ2) is 10.0. The highest BCUT2D eigenvalue weighted by molar-refractivity contribution is 5.64. The molecule has 0 radical (unpaired) electrons. The molecular formula is C19H24O6. The zero-order chi connectivity index (χ0) is 18.1. The van der Waals surface area contributed by atoms with Gasteiger partial charge < -0.3 is 29.9 Å². The van der Waals surface area contributed by atoms with Crippen LogP contribution in [0.15, 0.2) is 48.5 Å². The van der Waals surface area contributed by atoms with E-state index in [2.05, 4.69) is 0 Å². The van der Waals surface area contributed by atoms with Crippen molar-refractivity contribution in [2.45, 2.75) is 6.10 Å². The minimum absolute atomic E-state index is 0.0462. The van der Waals surface area contributed by atoms with Gasteiger partial charge in [0, 0.05) is 5.92 Å². The summed E-state index contributed by atoms with van der Waals surface area (Å²) in [5.41, 5.74) is 2.01. The number of aliphatic hydroxyl groups is 4. The van der Waals surface area contributed by atoms with Crippen molar-refractivity contribution in [1.82, 2.24) is 0 Å². The lowest BCUT2D eigenvalue weighted by Crippen LogP contribution is -2.21. The summed E-state index contributed by atoms with van der Waals surface area (Å²) in [7, 11) is 0. The molecule has 136 valence electrons. The van der Waals surface area contributed by atoms with Gasteiger partial charge >= 0.3 is 0 Å². The van der Waals surface area contributed by atoms with Crippen LogP contribution in [0, 0.1) is 5.92 Å². The van der Waals surface area contributed by atoms with Crippen molar-refractivity contribution >= 4 is 0 Å². The number of rotatable bonds is 10. The van der Waals surface area contributed by atoms with Crippen molar-refractivity contribution in [3.8, 4) is 22.6 Å². The number of benzene rings is 2. The Balaban J connectivity index is 1.93. The van der Waals surface area contributed by atoms with Crippen LogP contribution in [-0.2, 0) is 0 Å². The molecule has 0 bridgehead atoms. The Morgan fingerprint density at radius 1 is 0.640 bits per heavy atom. The fourth-order valence-electron chi connectivity index (χ4n) is 2.11. The van der Waals surface area contributed by atoms with Gasteiger partial charge in [-0.05, 0) is 35.4 Å². The lowest BCUT2D eigenvalue weighted by atomic mass is 10.1. The maximum Gasteiger partial charge on any atom is 0.119 e. The van der Waals surface area contributed by atoms with Crippen molar-refractivity contribution in [3.63, 3.8) is 0 Å². The van der Waals surface area contributed by atoms with E-state index in [4.69, 9.17) is 24.8 Å². The molecule has 2 aromatic carbocycles. The summed E-state index contributed by atoms with van der Waals surface area (Å²) in [6.45, 7) is -0.247. The van der Waals surface area contributed by atoms with E-state index in [1.54, 1.807) is 12.1 Å². The molecule has 0 saturated carbocycles. The zero-order valence-corrected chi connectivity index (χ0v) is 13.9. The summed E-state index contributed by atoms with van der Waals surface area (Å²) in [4.78, 5) is 0. The van der Waals surface area contributed by atoms with E-state index in [0.717, 1.165) is 11.1 Å². The van der Waals surface area contributed by atoms with Gasteiger partial charge in [-0.15, -0.1) is 0 Å². The highest BCUT2D eigenvalue weighted by Gasteiger charge is 2.07. The first-order valence-electron chi connectivity index (χ1n) is 8.13. The number of hydrogen-bond donors (Lipinski definition) is 4. The normalized spacial score (nSPS) is 12.2. The highest BCUT2D eigenvalue weighted by Crippen LogP contribution is 2.25. The van der Waals surface area contributed by atoms with Crippen molar-refractivity contribution in [2.24, 2.45) is 5.92 Å². The van der Waals surface area contributed by atoms with Crippen LogP contribution in [0.1, 0.15) is 0 Å². The molecule has 25 heavy (non-hydrogen) atoms. The molecule has 1 unspecified atom stereocenters. The number of ether oxygens (including phenoxy) is 2. The molecule has 0 saturated heterocycles. The molecular weight excluding hydrogens is 324 g/mol. The molecule has 0 fully saturated rings. The molecule has 2 rings (SSSR count). The van der Waals surface area contributed by atoms with E-state index < -0.39 is 6.10 Å². The average molecular weight is 348 g/mol. The maximum absolute atomic E-state index is 9.27. The van der Waals surface area contributed by atoms with E-state index in [1.165, 1.54) is 0 Å². The van der Waals surface area contributed by atoms with Gasteiger partial charge in [-0.3, -0.25) is 0 Å². The largest absolute Gasteiger partial charge is 0.493 e. The summed E-state index contributed by atoms with van der Waals surface area (Å²) >= 11 is 0. The third kappa shape index (κ3) is 6.03. The second-order valence-corrected chi connectivity index (χ2v) is 5.74. The zero-order valence-electron chi connectivity index (χ0n) is 13.9. The Bertz CT molecular complexity index is 607. The first kappa shape index (κ1) is 19.2. The van der Waals surface area contributed by atoms with Gasteiger partial charge in [-0.1, -0.05) is 24.3 Å². The third-order valence-electron chi connectivity index (χ3n) is 3.70. The van der Waals surface area contributed by atoms with Gasteiger partial charge in [0.15, 0.2) is 0 Å². The molecule has 0 aliphatic carbocycles. The second-order valence-electron chi connectivity index (χ2n) is 5.74. The predicted octanol–water partition coefficient (Wildman–Crippen LogP) is 1.07. The van der Waals surface area contributed by atoms with Gasteiger partial charge in [0.25, 0.3) is 0 Å². The van der Waals surface area contributed by atoms with Crippen LogP contribution in [-0.4, -0.2) is 59.6 Å². The summed E-state index contributed by atoms with van der Waals surface area (Å²) < 4.78 is 10.9. The van der Waals surface area contributed by atoms with Crippen LogP contribution < -0.4 is 9.47 Å². The van der Waals surface area contributed by atoms with Gasteiger partial charge in [-0.2, -0.15) is 0 Å².